The standard InChI is InChI=1S/C22H30N4O/c1-16-5-7-19(20(13-16)26(3)4)15-25-22(23-2)24-11-9-17-6-8-21-18(14-17)10-12-27-21/h5-8,13-14H,9-12,15H2,1-4H3,(H2,23,24,25). The summed E-state index contributed by atoms with van der Waals surface area (Å²) in [4.78, 5) is 6.50. The van der Waals surface area contributed by atoms with Crippen LogP contribution in [0.15, 0.2) is 41.4 Å². The molecule has 0 bridgehead atoms. The van der Waals surface area contributed by atoms with E-state index in [4.69, 9.17) is 4.74 Å². The number of rotatable bonds is 6. The molecule has 1 heterocycles. The normalized spacial score (nSPS) is 13.1. The Balaban J connectivity index is 1.51. The molecule has 1 aliphatic heterocycles. The predicted molar refractivity (Wildman–Crippen MR) is 113 cm³/mol. The number of anilines is 1. The smallest absolute Gasteiger partial charge is 0.191 e. The lowest BCUT2D eigenvalue weighted by Gasteiger charge is -2.19. The summed E-state index contributed by atoms with van der Waals surface area (Å²) in [5, 5.41) is 6.83. The van der Waals surface area contributed by atoms with Crippen LogP contribution in [0.1, 0.15) is 22.3 Å². The monoisotopic (exact) mass is 366 g/mol. The lowest BCUT2D eigenvalue weighted by Crippen LogP contribution is -2.38. The van der Waals surface area contributed by atoms with Crippen LogP contribution in [0.3, 0.4) is 0 Å². The van der Waals surface area contributed by atoms with Gasteiger partial charge in [-0.05, 0) is 47.7 Å². The molecule has 0 saturated heterocycles. The first-order valence-electron chi connectivity index (χ1n) is 9.53. The average molecular weight is 367 g/mol. The molecule has 0 radical (unpaired) electrons. The Hall–Kier alpha value is -2.69. The first kappa shape index (κ1) is 19.1. The minimum Gasteiger partial charge on any atom is -0.493 e. The van der Waals surface area contributed by atoms with Crippen molar-refractivity contribution in [3.05, 3.63) is 58.7 Å². The number of aryl methyl sites for hydroxylation is 1. The molecule has 3 rings (SSSR count). The van der Waals surface area contributed by atoms with Crippen molar-refractivity contribution in [2.24, 2.45) is 4.99 Å². The highest BCUT2D eigenvalue weighted by atomic mass is 16.5. The highest BCUT2D eigenvalue weighted by molar-refractivity contribution is 5.79. The van der Waals surface area contributed by atoms with Crippen LogP contribution < -0.4 is 20.3 Å². The van der Waals surface area contributed by atoms with E-state index < -0.39 is 0 Å². The molecular formula is C22H30N4O. The van der Waals surface area contributed by atoms with Gasteiger partial charge in [0.2, 0.25) is 0 Å². The molecule has 2 aromatic rings. The third-order valence-electron chi connectivity index (χ3n) is 4.85. The molecule has 0 amide bonds. The van der Waals surface area contributed by atoms with Crippen molar-refractivity contribution in [3.63, 3.8) is 0 Å². The van der Waals surface area contributed by atoms with E-state index in [9.17, 15) is 0 Å². The van der Waals surface area contributed by atoms with Gasteiger partial charge in [0.1, 0.15) is 5.75 Å². The van der Waals surface area contributed by atoms with Gasteiger partial charge in [0.15, 0.2) is 5.96 Å². The van der Waals surface area contributed by atoms with Gasteiger partial charge < -0.3 is 20.3 Å². The molecule has 0 saturated carbocycles. The molecule has 5 nitrogen and oxygen atoms in total. The number of nitrogens with one attached hydrogen (secondary N) is 2. The molecule has 0 atom stereocenters. The zero-order valence-electron chi connectivity index (χ0n) is 16.8. The highest BCUT2D eigenvalue weighted by Crippen LogP contribution is 2.25. The quantitative estimate of drug-likeness (QED) is 0.610. The second-order valence-electron chi connectivity index (χ2n) is 7.17. The van der Waals surface area contributed by atoms with Gasteiger partial charge in [-0.15, -0.1) is 0 Å². The van der Waals surface area contributed by atoms with Crippen molar-refractivity contribution in [1.29, 1.82) is 0 Å². The van der Waals surface area contributed by atoms with Crippen molar-refractivity contribution in [2.45, 2.75) is 26.3 Å². The third-order valence-corrected chi connectivity index (χ3v) is 4.85. The van der Waals surface area contributed by atoms with Gasteiger partial charge in [0, 0.05) is 46.3 Å². The van der Waals surface area contributed by atoms with E-state index in [-0.39, 0.29) is 0 Å². The Morgan fingerprint density at radius 1 is 1.15 bits per heavy atom. The Morgan fingerprint density at radius 3 is 2.78 bits per heavy atom. The van der Waals surface area contributed by atoms with Crippen molar-refractivity contribution in [3.8, 4) is 5.75 Å². The fourth-order valence-electron chi connectivity index (χ4n) is 3.36. The van der Waals surface area contributed by atoms with E-state index in [0.29, 0.717) is 0 Å². The van der Waals surface area contributed by atoms with Gasteiger partial charge in [0.05, 0.1) is 6.61 Å². The number of ether oxygens (including phenoxy) is 1. The van der Waals surface area contributed by atoms with Crippen LogP contribution in [0.25, 0.3) is 0 Å². The summed E-state index contributed by atoms with van der Waals surface area (Å²) < 4.78 is 5.57. The third kappa shape index (κ3) is 4.94. The molecule has 0 spiro atoms. The number of guanidine groups is 1. The van der Waals surface area contributed by atoms with E-state index in [2.05, 4.69) is 77.9 Å². The maximum Gasteiger partial charge on any atom is 0.191 e. The summed E-state index contributed by atoms with van der Waals surface area (Å²) in [7, 11) is 5.96. The van der Waals surface area contributed by atoms with Gasteiger partial charge in [-0.1, -0.05) is 24.3 Å². The zero-order valence-corrected chi connectivity index (χ0v) is 16.8. The fourth-order valence-corrected chi connectivity index (χ4v) is 3.36. The number of aliphatic imine (C=N–C) groups is 1. The van der Waals surface area contributed by atoms with E-state index in [1.807, 2.05) is 7.05 Å². The van der Waals surface area contributed by atoms with Crippen LogP contribution >= 0.6 is 0 Å². The molecule has 2 N–H and O–H groups in total. The topological polar surface area (TPSA) is 48.9 Å². The van der Waals surface area contributed by atoms with Crippen LogP contribution in [-0.2, 0) is 19.4 Å². The second-order valence-corrected chi connectivity index (χ2v) is 7.17. The lowest BCUT2D eigenvalue weighted by atomic mass is 10.1. The van der Waals surface area contributed by atoms with Crippen LogP contribution in [0.5, 0.6) is 5.75 Å². The average Bonchev–Trinajstić information content (AvgIpc) is 3.13. The number of hydrogen-bond donors (Lipinski definition) is 2. The SMILES string of the molecule is CN=C(NCCc1ccc2c(c1)CCO2)NCc1ccc(C)cc1N(C)C. The first-order chi connectivity index (χ1) is 13.1. The van der Waals surface area contributed by atoms with E-state index >= 15 is 0 Å². The molecule has 0 fully saturated rings. The molecule has 5 heteroatoms. The van der Waals surface area contributed by atoms with Gasteiger partial charge in [-0.3, -0.25) is 4.99 Å². The summed E-state index contributed by atoms with van der Waals surface area (Å²) in [6.45, 7) is 4.51. The summed E-state index contributed by atoms with van der Waals surface area (Å²) in [6.07, 6.45) is 1.98. The fraction of sp³-hybridized carbons (Fsp3) is 0.409. The van der Waals surface area contributed by atoms with Gasteiger partial charge in [0.25, 0.3) is 0 Å². The maximum atomic E-state index is 5.57. The predicted octanol–water partition coefficient (Wildman–Crippen LogP) is 2.90. The van der Waals surface area contributed by atoms with Crippen molar-refractivity contribution < 1.29 is 4.74 Å². The molecule has 1 aliphatic rings. The molecule has 144 valence electrons. The van der Waals surface area contributed by atoms with E-state index in [1.54, 1.807) is 0 Å². The molecule has 27 heavy (non-hydrogen) atoms. The Morgan fingerprint density at radius 2 is 2.00 bits per heavy atom. The van der Waals surface area contributed by atoms with Gasteiger partial charge >= 0.3 is 0 Å². The minimum atomic E-state index is 0.740. The Bertz CT molecular complexity index is 814. The van der Waals surface area contributed by atoms with Crippen LogP contribution in [0.2, 0.25) is 0 Å². The highest BCUT2D eigenvalue weighted by Gasteiger charge is 2.12. The summed E-state index contributed by atoms with van der Waals surface area (Å²) in [5.74, 6) is 1.86. The zero-order chi connectivity index (χ0) is 19.2. The molecule has 2 aromatic carbocycles. The Kier molecular flexibility index (Phi) is 6.22. The van der Waals surface area contributed by atoms with E-state index in [0.717, 1.165) is 44.2 Å². The maximum absolute atomic E-state index is 5.57. The van der Waals surface area contributed by atoms with Crippen molar-refractivity contribution in [1.82, 2.24) is 10.6 Å². The molecule has 0 aliphatic carbocycles. The Labute approximate surface area is 162 Å². The van der Waals surface area contributed by atoms with Crippen LogP contribution in [0.4, 0.5) is 5.69 Å². The minimum absolute atomic E-state index is 0.740. The van der Waals surface area contributed by atoms with Crippen molar-refractivity contribution in [2.75, 3.05) is 39.2 Å². The van der Waals surface area contributed by atoms with Crippen molar-refractivity contribution >= 4 is 11.6 Å². The number of benzene rings is 2. The summed E-state index contributed by atoms with van der Waals surface area (Å²) in [5.41, 5.74) is 6.41. The first-order valence-corrected chi connectivity index (χ1v) is 9.53. The van der Waals surface area contributed by atoms with E-state index in [1.165, 1.54) is 27.9 Å². The number of nitrogens with zero attached hydrogens (tertiary/aromatic N) is 2. The molecule has 0 unspecified atom stereocenters. The molecule has 0 aromatic heterocycles. The van der Waals surface area contributed by atoms with Crippen LogP contribution in [-0.4, -0.2) is 40.3 Å². The molecular weight excluding hydrogens is 336 g/mol. The number of fused-ring (bicyclic) bond motifs is 1. The largest absolute Gasteiger partial charge is 0.493 e. The van der Waals surface area contributed by atoms with Gasteiger partial charge in [-0.2, -0.15) is 0 Å². The van der Waals surface area contributed by atoms with Crippen LogP contribution in [0, 0.1) is 6.92 Å². The summed E-state index contributed by atoms with van der Waals surface area (Å²) in [6, 6.07) is 13.0. The summed E-state index contributed by atoms with van der Waals surface area (Å²) >= 11 is 0. The lowest BCUT2D eigenvalue weighted by molar-refractivity contribution is 0.357. The second kappa shape index (κ2) is 8.80. The van der Waals surface area contributed by atoms with Gasteiger partial charge in [-0.25, -0.2) is 0 Å². The number of hydrogen-bond acceptors (Lipinski definition) is 3.